The molecule has 4 nitrogen and oxygen atoms in total. The van der Waals surface area contributed by atoms with E-state index < -0.39 is 0 Å². The summed E-state index contributed by atoms with van der Waals surface area (Å²) in [6.45, 7) is 2.59. The van der Waals surface area contributed by atoms with Gasteiger partial charge >= 0.3 is 0 Å². The van der Waals surface area contributed by atoms with E-state index in [4.69, 9.17) is 4.74 Å². The summed E-state index contributed by atoms with van der Waals surface area (Å²) in [7, 11) is 0. The van der Waals surface area contributed by atoms with Crippen molar-refractivity contribution in [2.24, 2.45) is 0 Å². The molecule has 0 fully saturated rings. The summed E-state index contributed by atoms with van der Waals surface area (Å²) in [4.78, 5) is 4.47. The predicted molar refractivity (Wildman–Crippen MR) is 84.3 cm³/mol. The lowest BCUT2D eigenvalue weighted by Crippen LogP contribution is -2.11. The van der Waals surface area contributed by atoms with E-state index in [1.807, 2.05) is 25.1 Å². The number of rotatable bonds is 2. The summed E-state index contributed by atoms with van der Waals surface area (Å²) >= 11 is 1.70. The molecule has 1 aliphatic rings. The highest BCUT2D eigenvalue weighted by molar-refractivity contribution is 7.18. The molecule has 106 valence electrons. The van der Waals surface area contributed by atoms with Crippen molar-refractivity contribution in [3.63, 3.8) is 0 Å². The lowest BCUT2D eigenvalue weighted by molar-refractivity contribution is 0.338. The minimum Gasteiger partial charge on any atom is -0.508 e. The average molecular weight is 298 g/mol. The molecule has 3 aromatic rings. The van der Waals surface area contributed by atoms with Crippen LogP contribution in [-0.2, 0) is 0 Å². The number of nitrogens with zero attached hydrogens (tertiary/aromatic N) is 1. The number of ether oxygens (including phenoxy) is 1. The summed E-state index contributed by atoms with van der Waals surface area (Å²) in [5.74, 6) is 0.984. The monoisotopic (exact) mass is 298 g/mol. The number of thiazole rings is 1. The van der Waals surface area contributed by atoms with Gasteiger partial charge in [-0.2, -0.15) is 0 Å². The van der Waals surface area contributed by atoms with Gasteiger partial charge < -0.3 is 15.2 Å². The molecular weight excluding hydrogens is 284 g/mol. The highest BCUT2D eigenvalue weighted by Crippen LogP contribution is 2.37. The zero-order valence-corrected chi connectivity index (χ0v) is 12.3. The minimum atomic E-state index is 0.104. The summed E-state index contributed by atoms with van der Waals surface area (Å²) < 4.78 is 6.81. The summed E-state index contributed by atoms with van der Waals surface area (Å²) in [6.07, 6.45) is 0. The van der Waals surface area contributed by atoms with E-state index in [9.17, 15) is 5.11 Å². The summed E-state index contributed by atoms with van der Waals surface area (Å²) in [5.41, 5.74) is 3.17. The fourth-order valence-electron chi connectivity index (χ4n) is 2.65. The van der Waals surface area contributed by atoms with Crippen LogP contribution in [0.2, 0.25) is 0 Å². The summed E-state index contributed by atoms with van der Waals surface area (Å²) in [6, 6.07) is 11.6. The number of phenolic OH excluding ortho intramolecular Hbond substituents is 1. The lowest BCUT2D eigenvalue weighted by Gasteiger charge is -2.13. The number of hydrogen-bond donors (Lipinski definition) is 2. The van der Waals surface area contributed by atoms with E-state index in [-0.39, 0.29) is 11.8 Å². The molecule has 0 radical (unpaired) electrons. The molecule has 4 rings (SSSR count). The van der Waals surface area contributed by atoms with Crippen molar-refractivity contribution in [3.8, 4) is 11.5 Å². The van der Waals surface area contributed by atoms with Crippen molar-refractivity contribution in [1.29, 1.82) is 0 Å². The van der Waals surface area contributed by atoms with Gasteiger partial charge in [-0.25, -0.2) is 4.98 Å². The van der Waals surface area contributed by atoms with Gasteiger partial charge in [0, 0.05) is 17.3 Å². The van der Waals surface area contributed by atoms with Crippen LogP contribution in [0, 0.1) is 6.92 Å². The molecule has 0 aliphatic carbocycles. The van der Waals surface area contributed by atoms with Crippen LogP contribution in [0.1, 0.15) is 16.6 Å². The number of anilines is 1. The normalized spacial score (nSPS) is 16.7. The third-order valence-electron chi connectivity index (χ3n) is 3.61. The highest BCUT2D eigenvalue weighted by atomic mass is 32.1. The van der Waals surface area contributed by atoms with Crippen molar-refractivity contribution >= 4 is 27.2 Å². The zero-order chi connectivity index (χ0) is 14.4. The lowest BCUT2D eigenvalue weighted by atomic mass is 10.1. The predicted octanol–water partition coefficient (Wildman–Crippen LogP) is 3.86. The first kappa shape index (κ1) is 12.5. The first-order valence-corrected chi connectivity index (χ1v) is 7.60. The van der Waals surface area contributed by atoms with Crippen molar-refractivity contribution in [1.82, 2.24) is 4.98 Å². The fourth-order valence-corrected chi connectivity index (χ4v) is 3.52. The van der Waals surface area contributed by atoms with E-state index in [0.29, 0.717) is 6.61 Å². The number of benzene rings is 2. The largest absolute Gasteiger partial charge is 0.508 e. The van der Waals surface area contributed by atoms with Gasteiger partial charge in [0.15, 0.2) is 0 Å². The molecule has 2 N–H and O–H groups in total. The van der Waals surface area contributed by atoms with Gasteiger partial charge in [0.05, 0.1) is 21.3 Å². The van der Waals surface area contributed by atoms with Gasteiger partial charge in [0.2, 0.25) is 0 Å². The average Bonchev–Trinajstić information content (AvgIpc) is 3.01. The number of phenols is 1. The van der Waals surface area contributed by atoms with Crippen LogP contribution in [0.15, 0.2) is 36.4 Å². The number of hydrogen-bond acceptors (Lipinski definition) is 5. The molecule has 2 aromatic carbocycles. The van der Waals surface area contributed by atoms with E-state index >= 15 is 0 Å². The van der Waals surface area contributed by atoms with Crippen LogP contribution in [-0.4, -0.2) is 16.7 Å². The molecule has 0 amide bonds. The van der Waals surface area contributed by atoms with Crippen LogP contribution in [0.25, 0.3) is 10.2 Å². The third-order valence-corrected chi connectivity index (χ3v) is 4.55. The molecule has 1 atom stereocenters. The van der Waals surface area contributed by atoms with E-state index in [2.05, 4.69) is 16.4 Å². The second-order valence-corrected chi connectivity index (χ2v) is 6.38. The van der Waals surface area contributed by atoms with Gasteiger partial charge in [-0.3, -0.25) is 0 Å². The molecule has 0 saturated heterocycles. The second-order valence-electron chi connectivity index (χ2n) is 5.15. The summed E-state index contributed by atoms with van der Waals surface area (Å²) in [5, 5.41) is 14.1. The van der Waals surface area contributed by atoms with Crippen LogP contribution in [0.5, 0.6) is 11.5 Å². The second kappa shape index (κ2) is 4.63. The first-order valence-electron chi connectivity index (χ1n) is 6.78. The standard InChI is InChI=1S/C16H14N2O2S/c1-9-17-13-5-2-10(6-16(13)21-9)18-14-8-20-15-7-11(19)3-4-12(14)15/h2-7,14,18-19H,8H2,1H3. The number of aromatic nitrogens is 1. The smallest absolute Gasteiger partial charge is 0.128 e. The van der Waals surface area contributed by atoms with Crippen molar-refractivity contribution in [2.45, 2.75) is 13.0 Å². The van der Waals surface area contributed by atoms with E-state index in [0.717, 1.165) is 27.5 Å². The molecule has 1 aromatic heterocycles. The quantitative estimate of drug-likeness (QED) is 0.754. The number of aryl methyl sites for hydroxylation is 1. The van der Waals surface area contributed by atoms with Crippen LogP contribution in [0.3, 0.4) is 0 Å². The molecule has 1 unspecified atom stereocenters. The SMILES string of the molecule is Cc1nc2ccc(NC3COc4cc(O)ccc43)cc2s1. The first-order chi connectivity index (χ1) is 10.2. The minimum absolute atomic E-state index is 0.104. The maximum absolute atomic E-state index is 9.49. The fraction of sp³-hybridized carbons (Fsp3) is 0.188. The third kappa shape index (κ3) is 2.19. The Kier molecular flexibility index (Phi) is 2.75. The van der Waals surface area contributed by atoms with E-state index in [1.54, 1.807) is 23.5 Å². The Morgan fingerprint density at radius 1 is 1.29 bits per heavy atom. The van der Waals surface area contributed by atoms with Crippen molar-refractivity contribution < 1.29 is 9.84 Å². The number of nitrogens with one attached hydrogen (secondary N) is 1. The molecule has 5 heteroatoms. The Morgan fingerprint density at radius 3 is 3.10 bits per heavy atom. The van der Waals surface area contributed by atoms with Gasteiger partial charge in [0.1, 0.15) is 18.1 Å². The Morgan fingerprint density at radius 2 is 2.19 bits per heavy atom. The Hall–Kier alpha value is -2.27. The van der Waals surface area contributed by atoms with E-state index in [1.165, 1.54) is 4.70 Å². The van der Waals surface area contributed by atoms with Crippen molar-refractivity contribution in [3.05, 3.63) is 47.0 Å². The maximum atomic E-state index is 9.49. The van der Waals surface area contributed by atoms with Crippen molar-refractivity contribution in [2.75, 3.05) is 11.9 Å². The topological polar surface area (TPSA) is 54.4 Å². The van der Waals surface area contributed by atoms with Crippen LogP contribution >= 0.6 is 11.3 Å². The van der Waals surface area contributed by atoms with Gasteiger partial charge in [-0.05, 0) is 37.3 Å². The molecular formula is C16H14N2O2S. The maximum Gasteiger partial charge on any atom is 0.128 e. The highest BCUT2D eigenvalue weighted by Gasteiger charge is 2.24. The Bertz CT molecular complexity index is 828. The van der Waals surface area contributed by atoms with Crippen LogP contribution in [0.4, 0.5) is 5.69 Å². The molecule has 0 spiro atoms. The Labute approximate surface area is 126 Å². The number of fused-ring (bicyclic) bond motifs is 2. The Balaban J connectivity index is 1.64. The molecule has 1 aliphatic heterocycles. The number of aromatic hydroxyl groups is 1. The molecule has 0 saturated carbocycles. The van der Waals surface area contributed by atoms with Gasteiger partial charge in [-0.1, -0.05) is 0 Å². The molecule has 0 bridgehead atoms. The van der Waals surface area contributed by atoms with Gasteiger partial charge in [-0.15, -0.1) is 11.3 Å². The molecule has 21 heavy (non-hydrogen) atoms. The molecule has 2 heterocycles. The zero-order valence-electron chi connectivity index (χ0n) is 11.5. The van der Waals surface area contributed by atoms with Crippen LogP contribution < -0.4 is 10.1 Å². The van der Waals surface area contributed by atoms with Gasteiger partial charge in [0.25, 0.3) is 0 Å².